The fourth-order valence-electron chi connectivity index (χ4n) is 2.37. The number of rotatable bonds is 2. The molecule has 0 saturated heterocycles. The second-order valence-electron chi connectivity index (χ2n) is 5.01. The highest BCUT2D eigenvalue weighted by atomic mass is 32.1. The lowest BCUT2D eigenvalue weighted by atomic mass is 10.3. The molecule has 0 aliphatic rings. The van der Waals surface area contributed by atoms with E-state index >= 15 is 0 Å². The van der Waals surface area contributed by atoms with E-state index in [1.807, 2.05) is 0 Å². The van der Waals surface area contributed by atoms with E-state index in [-0.39, 0.29) is 12.2 Å². The second kappa shape index (κ2) is 5.82. The van der Waals surface area contributed by atoms with Gasteiger partial charge in [-0.1, -0.05) is 23.3 Å². The van der Waals surface area contributed by atoms with E-state index in [9.17, 15) is 9.18 Å². The summed E-state index contributed by atoms with van der Waals surface area (Å²) in [4.78, 5) is 16.8. The first-order valence-electron chi connectivity index (χ1n) is 6.82. The fraction of sp³-hybridized carbons (Fsp3) is 0.188. The third kappa shape index (κ3) is 2.69. The van der Waals surface area contributed by atoms with E-state index in [2.05, 4.69) is 16.0 Å². The predicted molar refractivity (Wildman–Crippen MR) is 86.4 cm³/mol. The summed E-state index contributed by atoms with van der Waals surface area (Å²) < 4.78 is 17.9. The summed E-state index contributed by atoms with van der Waals surface area (Å²) in [5, 5.41) is 4.11. The predicted octanol–water partition coefficient (Wildman–Crippen LogP) is 2.26. The van der Waals surface area contributed by atoms with Crippen LogP contribution >= 0.6 is 11.3 Å². The van der Waals surface area contributed by atoms with Crippen LogP contribution in [-0.2, 0) is 13.6 Å². The van der Waals surface area contributed by atoms with E-state index in [1.54, 1.807) is 37.0 Å². The number of benzene rings is 1. The Kier molecular flexibility index (Phi) is 3.84. The maximum Gasteiger partial charge on any atom is 0.300 e. The van der Waals surface area contributed by atoms with Crippen LogP contribution in [-0.4, -0.2) is 20.3 Å². The van der Waals surface area contributed by atoms with Crippen molar-refractivity contribution in [2.75, 3.05) is 0 Å². The number of amides is 1. The lowest BCUT2D eigenvalue weighted by molar-refractivity contribution is 0.0992. The van der Waals surface area contributed by atoms with Crippen molar-refractivity contribution in [2.24, 2.45) is 12.0 Å². The van der Waals surface area contributed by atoms with Gasteiger partial charge in [-0.2, -0.15) is 10.1 Å². The van der Waals surface area contributed by atoms with Gasteiger partial charge in [0.25, 0.3) is 5.91 Å². The largest absolute Gasteiger partial charge is 0.302 e. The molecular formula is C16H13FN4OS. The highest BCUT2D eigenvalue weighted by Gasteiger charge is 2.15. The Balaban J connectivity index is 2.21. The normalized spacial score (nSPS) is 11.8. The number of hydrogen-bond acceptors (Lipinski definition) is 3. The minimum absolute atomic E-state index is 0.133. The number of hydrogen-bond donors (Lipinski definition) is 0. The van der Waals surface area contributed by atoms with E-state index in [1.165, 1.54) is 22.0 Å². The number of thiazole rings is 1. The third-order valence-corrected chi connectivity index (χ3v) is 4.36. The molecule has 1 aromatic carbocycles. The van der Waals surface area contributed by atoms with E-state index < -0.39 is 11.7 Å². The van der Waals surface area contributed by atoms with Crippen LogP contribution in [0.2, 0.25) is 0 Å². The molecule has 0 radical (unpaired) electrons. The Morgan fingerprint density at radius 2 is 2.30 bits per heavy atom. The van der Waals surface area contributed by atoms with Gasteiger partial charge in [0.2, 0.25) is 0 Å². The Morgan fingerprint density at radius 3 is 2.96 bits per heavy atom. The molecule has 7 heteroatoms. The number of aromatic nitrogens is 3. The topological polar surface area (TPSA) is 52.2 Å². The smallest absolute Gasteiger partial charge is 0.300 e. The number of halogens is 1. The van der Waals surface area contributed by atoms with Gasteiger partial charge in [0.15, 0.2) is 10.5 Å². The van der Waals surface area contributed by atoms with Crippen LogP contribution in [0, 0.1) is 25.1 Å². The lowest BCUT2D eigenvalue weighted by Gasteiger charge is -2.00. The molecule has 116 valence electrons. The highest BCUT2D eigenvalue weighted by Crippen LogP contribution is 2.20. The Hall–Kier alpha value is -2.72. The van der Waals surface area contributed by atoms with Gasteiger partial charge in [-0.15, -0.1) is 6.42 Å². The van der Waals surface area contributed by atoms with Gasteiger partial charge in [-0.05, 0) is 19.1 Å². The molecule has 3 rings (SSSR count). The second-order valence-corrected chi connectivity index (χ2v) is 6.02. The molecule has 0 atom stereocenters. The van der Waals surface area contributed by atoms with Crippen LogP contribution in [0.25, 0.3) is 10.2 Å². The van der Waals surface area contributed by atoms with Crippen molar-refractivity contribution >= 4 is 27.5 Å². The average Bonchev–Trinajstić information content (AvgIpc) is 3.01. The van der Waals surface area contributed by atoms with E-state index in [0.29, 0.717) is 15.0 Å². The molecule has 0 N–H and O–H groups in total. The zero-order valence-corrected chi connectivity index (χ0v) is 13.4. The maximum atomic E-state index is 14.1. The molecular weight excluding hydrogens is 315 g/mol. The zero-order valence-electron chi connectivity index (χ0n) is 12.6. The van der Waals surface area contributed by atoms with Crippen molar-refractivity contribution < 1.29 is 9.18 Å². The Morgan fingerprint density at radius 1 is 1.52 bits per heavy atom. The van der Waals surface area contributed by atoms with Crippen molar-refractivity contribution in [1.29, 1.82) is 0 Å². The molecule has 0 unspecified atom stereocenters. The summed E-state index contributed by atoms with van der Waals surface area (Å²) in [5.74, 6) is 1.61. The van der Waals surface area contributed by atoms with Crippen molar-refractivity contribution in [2.45, 2.75) is 13.5 Å². The summed E-state index contributed by atoms with van der Waals surface area (Å²) in [5.41, 5.74) is 1.37. The minimum atomic E-state index is -0.471. The molecule has 2 aromatic heterocycles. The number of carbonyl (C=O) groups excluding carboxylic acids is 1. The number of carbonyl (C=O) groups is 1. The SMILES string of the molecule is C#CCn1c(=NC(=O)c2nn(C)cc2C)sc2cccc(F)c21. The van der Waals surface area contributed by atoms with Gasteiger partial charge < -0.3 is 4.57 Å². The van der Waals surface area contributed by atoms with Crippen molar-refractivity contribution in [3.63, 3.8) is 0 Å². The summed E-state index contributed by atoms with van der Waals surface area (Å²) in [7, 11) is 1.73. The van der Waals surface area contributed by atoms with Crippen LogP contribution in [0.5, 0.6) is 0 Å². The Bertz CT molecular complexity index is 1020. The molecule has 0 fully saturated rings. The van der Waals surface area contributed by atoms with Crippen molar-refractivity contribution in [3.05, 3.63) is 46.3 Å². The minimum Gasteiger partial charge on any atom is -0.302 e. The lowest BCUT2D eigenvalue weighted by Crippen LogP contribution is -2.17. The molecule has 23 heavy (non-hydrogen) atoms. The molecule has 0 aliphatic carbocycles. The number of fused-ring (bicyclic) bond motifs is 1. The van der Waals surface area contributed by atoms with Crippen LogP contribution in [0.1, 0.15) is 16.1 Å². The van der Waals surface area contributed by atoms with Crippen LogP contribution in [0.3, 0.4) is 0 Å². The molecule has 0 spiro atoms. The van der Waals surface area contributed by atoms with Gasteiger partial charge in [-0.25, -0.2) is 4.39 Å². The molecule has 3 aromatic rings. The van der Waals surface area contributed by atoms with E-state index in [4.69, 9.17) is 6.42 Å². The summed E-state index contributed by atoms with van der Waals surface area (Å²) >= 11 is 1.22. The van der Waals surface area contributed by atoms with Gasteiger partial charge in [0, 0.05) is 18.8 Å². The summed E-state index contributed by atoms with van der Waals surface area (Å²) in [6.45, 7) is 1.92. The van der Waals surface area contributed by atoms with Gasteiger partial charge in [-0.3, -0.25) is 9.48 Å². The molecule has 1 amide bonds. The molecule has 0 saturated carbocycles. The van der Waals surface area contributed by atoms with Gasteiger partial charge in [0.1, 0.15) is 5.82 Å². The first-order valence-corrected chi connectivity index (χ1v) is 7.63. The molecule has 5 nitrogen and oxygen atoms in total. The first-order chi connectivity index (χ1) is 11.0. The maximum absolute atomic E-state index is 14.1. The molecule has 0 bridgehead atoms. The van der Waals surface area contributed by atoms with E-state index in [0.717, 1.165) is 5.56 Å². The third-order valence-electron chi connectivity index (χ3n) is 3.31. The first kappa shape index (κ1) is 15.2. The Labute approximate surface area is 135 Å². The van der Waals surface area contributed by atoms with Crippen LogP contribution in [0.15, 0.2) is 29.4 Å². The zero-order chi connectivity index (χ0) is 16.6. The van der Waals surface area contributed by atoms with Gasteiger partial charge in [0.05, 0.1) is 16.8 Å². The highest BCUT2D eigenvalue weighted by molar-refractivity contribution is 7.16. The van der Waals surface area contributed by atoms with Gasteiger partial charge >= 0.3 is 0 Å². The average molecular weight is 328 g/mol. The summed E-state index contributed by atoms with van der Waals surface area (Å²) in [6, 6.07) is 4.74. The number of terminal acetylenes is 1. The monoisotopic (exact) mass is 328 g/mol. The molecule has 2 heterocycles. The fourth-order valence-corrected chi connectivity index (χ4v) is 3.41. The number of aryl methyl sites for hydroxylation is 2. The van der Waals surface area contributed by atoms with Crippen LogP contribution < -0.4 is 4.80 Å². The van der Waals surface area contributed by atoms with Crippen molar-refractivity contribution in [3.8, 4) is 12.3 Å². The number of para-hydroxylation sites is 1. The number of nitrogens with zero attached hydrogens (tertiary/aromatic N) is 4. The van der Waals surface area contributed by atoms with Crippen molar-refractivity contribution in [1.82, 2.24) is 14.3 Å². The summed E-state index contributed by atoms with van der Waals surface area (Å²) in [6.07, 6.45) is 7.11. The standard InChI is InChI=1S/C16H13FN4OS/c1-4-8-21-14-11(17)6-5-7-12(14)23-16(21)18-15(22)13-10(2)9-20(3)19-13/h1,5-7,9H,8H2,2-3H3. The van der Waals surface area contributed by atoms with Crippen LogP contribution in [0.4, 0.5) is 4.39 Å². The quantitative estimate of drug-likeness (QED) is 0.678. The molecule has 0 aliphatic heterocycles.